The molecule has 6 nitrogen and oxygen atoms in total. The highest BCUT2D eigenvalue weighted by Gasteiger charge is 2.26. The smallest absolute Gasteiger partial charge is 0.268 e. The van der Waals surface area contributed by atoms with Gasteiger partial charge in [0.25, 0.3) is 5.43 Å². The molecule has 0 aliphatic heterocycles. The summed E-state index contributed by atoms with van der Waals surface area (Å²) in [7, 11) is 0. The van der Waals surface area contributed by atoms with Crippen molar-refractivity contribution in [2.45, 2.75) is 60.1 Å². The van der Waals surface area contributed by atoms with Crippen molar-refractivity contribution in [3.05, 3.63) is 97.7 Å². The molecule has 2 heterocycles. The number of benzene rings is 2. The van der Waals surface area contributed by atoms with E-state index in [-0.39, 0.29) is 11.9 Å². The van der Waals surface area contributed by atoms with Gasteiger partial charge in [-0.25, -0.2) is 9.97 Å². The largest absolute Gasteiger partial charge is 0.486 e. The Morgan fingerprint density at radius 1 is 0.919 bits per heavy atom. The zero-order valence-corrected chi connectivity index (χ0v) is 22.0. The zero-order valence-electron chi connectivity index (χ0n) is 22.0. The van der Waals surface area contributed by atoms with Crippen LogP contribution in [0.1, 0.15) is 49.8 Å². The Morgan fingerprint density at radius 2 is 1.62 bits per heavy atom. The lowest BCUT2D eigenvalue weighted by atomic mass is 9.91. The van der Waals surface area contributed by atoms with Crippen LogP contribution in [-0.4, -0.2) is 20.6 Å². The Bertz CT molecular complexity index is 1670. The van der Waals surface area contributed by atoms with Gasteiger partial charge in [-0.2, -0.15) is 0 Å². The molecular formula is C31H31N3O3. The molecule has 0 unspecified atom stereocenters. The maximum Gasteiger partial charge on any atom is 0.268 e. The highest BCUT2D eigenvalue weighted by Crippen LogP contribution is 2.35. The van der Waals surface area contributed by atoms with Crippen molar-refractivity contribution >= 4 is 11.2 Å². The van der Waals surface area contributed by atoms with Gasteiger partial charge in [-0.15, -0.1) is 0 Å². The van der Waals surface area contributed by atoms with Crippen molar-refractivity contribution in [3.8, 4) is 28.0 Å². The Kier molecular flexibility index (Phi) is 6.50. The molecular weight excluding hydrogens is 462 g/mol. The Balaban J connectivity index is 1.51. The third kappa shape index (κ3) is 4.48. The van der Waals surface area contributed by atoms with Crippen molar-refractivity contribution in [3.63, 3.8) is 0 Å². The maximum atomic E-state index is 12.5. The summed E-state index contributed by atoms with van der Waals surface area (Å²) in [6, 6.07) is 18.1. The van der Waals surface area contributed by atoms with Gasteiger partial charge in [-0.3, -0.25) is 9.59 Å². The van der Waals surface area contributed by atoms with E-state index in [1.54, 1.807) is 0 Å². The van der Waals surface area contributed by atoms with E-state index in [4.69, 9.17) is 14.7 Å². The predicted octanol–water partition coefficient (Wildman–Crippen LogP) is 5.77. The number of hydrogen-bond donors (Lipinski definition) is 0. The van der Waals surface area contributed by atoms with Crippen molar-refractivity contribution < 1.29 is 4.74 Å². The molecule has 0 N–H and O–H groups in total. The van der Waals surface area contributed by atoms with Crippen LogP contribution in [0.2, 0.25) is 0 Å². The average Bonchev–Trinajstić information content (AvgIpc) is 3.21. The molecule has 0 saturated heterocycles. The molecule has 0 aliphatic rings. The number of hydrogen-bond acceptors (Lipinski definition) is 5. The van der Waals surface area contributed by atoms with E-state index >= 15 is 0 Å². The lowest BCUT2D eigenvalue weighted by molar-refractivity contribution is 0.238. The minimum Gasteiger partial charge on any atom is -0.486 e. The van der Waals surface area contributed by atoms with E-state index in [0.717, 1.165) is 63.3 Å². The third-order valence-corrected chi connectivity index (χ3v) is 6.60. The fraction of sp³-hybridized carbons (Fsp3) is 0.290. The van der Waals surface area contributed by atoms with Crippen LogP contribution in [-0.2, 0) is 13.0 Å². The highest BCUT2D eigenvalue weighted by atomic mass is 16.5. The predicted molar refractivity (Wildman–Crippen MR) is 148 cm³/mol. The molecule has 188 valence electrons. The minimum absolute atomic E-state index is 0.164. The van der Waals surface area contributed by atoms with Crippen LogP contribution in [0, 0.1) is 13.8 Å². The number of nitrogens with zero attached hydrogens (tertiary/aromatic N) is 3. The Hall–Kier alpha value is -4.06. The normalized spacial score (nSPS) is 11.6. The second kappa shape index (κ2) is 9.77. The van der Waals surface area contributed by atoms with Crippen LogP contribution >= 0.6 is 0 Å². The van der Waals surface area contributed by atoms with Crippen LogP contribution in [0.3, 0.4) is 0 Å². The molecule has 0 radical (unpaired) electrons. The van der Waals surface area contributed by atoms with Gasteiger partial charge in [-0.05, 0) is 68.0 Å². The fourth-order valence-corrected chi connectivity index (χ4v) is 4.92. The first-order valence-electron chi connectivity index (χ1n) is 12.8. The molecule has 5 aromatic rings. The minimum atomic E-state index is -0.552. The monoisotopic (exact) mass is 493 g/mol. The number of pyridine rings is 1. The third-order valence-electron chi connectivity index (χ3n) is 6.60. The molecule has 0 spiro atoms. The maximum absolute atomic E-state index is 12.5. The van der Waals surface area contributed by atoms with Crippen molar-refractivity contribution in [1.82, 2.24) is 14.5 Å². The van der Waals surface area contributed by atoms with E-state index in [2.05, 4.69) is 48.7 Å². The SMILES string of the molecule is CCCc1nc2c(C)cc(C)nc2n1Cc1ccc(-c2ccccc2-c2c(OC(C)C)c(=O)c2=O)cc1. The van der Waals surface area contributed by atoms with Crippen LogP contribution < -0.4 is 15.6 Å². The molecule has 6 heteroatoms. The number of ether oxygens (including phenoxy) is 1. The summed E-state index contributed by atoms with van der Waals surface area (Å²) in [4.78, 5) is 34.4. The average molecular weight is 494 g/mol. The first-order chi connectivity index (χ1) is 17.8. The summed E-state index contributed by atoms with van der Waals surface area (Å²) in [5, 5.41) is 0. The number of aromatic nitrogens is 3. The van der Waals surface area contributed by atoms with Crippen molar-refractivity contribution in [2.24, 2.45) is 0 Å². The van der Waals surface area contributed by atoms with E-state index in [9.17, 15) is 9.59 Å². The summed E-state index contributed by atoms with van der Waals surface area (Å²) < 4.78 is 7.91. The molecule has 0 aliphatic carbocycles. The van der Waals surface area contributed by atoms with Crippen LogP contribution in [0.4, 0.5) is 0 Å². The van der Waals surface area contributed by atoms with E-state index < -0.39 is 10.9 Å². The van der Waals surface area contributed by atoms with E-state index in [0.29, 0.717) is 12.1 Å². The highest BCUT2D eigenvalue weighted by molar-refractivity contribution is 5.87. The van der Waals surface area contributed by atoms with Gasteiger partial charge in [0.1, 0.15) is 11.3 Å². The van der Waals surface area contributed by atoms with Gasteiger partial charge in [0, 0.05) is 12.1 Å². The molecule has 0 amide bonds. The number of fused-ring (bicyclic) bond motifs is 1. The van der Waals surface area contributed by atoms with Gasteiger partial charge in [0.05, 0.1) is 18.2 Å². The van der Waals surface area contributed by atoms with Crippen LogP contribution in [0.5, 0.6) is 5.75 Å². The summed E-state index contributed by atoms with van der Waals surface area (Å²) >= 11 is 0. The molecule has 0 bridgehead atoms. The molecule has 3 aromatic carbocycles. The van der Waals surface area contributed by atoms with Crippen LogP contribution in [0.25, 0.3) is 33.4 Å². The lowest BCUT2D eigenvalue weighted by Gasteiger charge is -2.17. The topological polar surface area (TPSA) is 74.1 Å². The van der Waals surface area contributed by atoms with E-state index in [1.165, 1.54) is 0 Å². The first kappa shape index (κ1) is 24.6. The molecule has 5 rings (SSSR count). The summed E-state index contributed by atoms with van der Waals surface area (Å²) in [6.45, 7) is 10.6. The Labute approximate surface area is 216 Å². The first-order valence-corrected chi connectivity index (χ1v) is 12.8. The number of imidazole rings is 1. The summed E-state index contributed by atoms with van der Waals surface area (Å²) in [5.41, 5.74) is 7.05. The number of aryl methyl sites for hydroxylation is 3. The Morgan fingerprint density at radius 3 is 2.30 bits per heavy atom. The molecule has 2 aromatic heterocycles. The quantitative estimate of drug-likeness (QED) is 0.257. The molecule has 37 heavy (non-hydrogen) atoms. The van der Waals surface area contributed by atoms with Crippen molar-refractivity contribution in [1.29, 1.82) is 0 Å². The summed E-state index contributed by atoms with van der Waals surface area (Å²) in [5.74, 6) is 1.21. The van der Waals surface area contributed by atoms with Gasteiger partial charge < -0.3 is 9.30 Å². The lowest BCUT2D eigenvalue weighted by Crippen LogP contribution is -2.35. The number of rotatable bonds is 8. The zero-order chi connectivity index (χ0) is 26.3. The van der Waals surface area contributed by atoms with Gasteiger partial charge in [0.15, 0.2) is 11.4 Å². The van der Waals surface area contributed by atoms with Crippen LogP contribution in [0.15, 0.2) is 64.2 Å². The standard InChI is InChI=1S/C31H31N3O3/c1-6-9-25-33-27-19(4)16-20(5)32-31(27)34(25)17-21-12-14-22(15-13-21)23-10-7-8-11-24(23)26-28(35)29(36)30(26)37-18(2)3/h7-8,10-16,18H,6,9,17H2,1-5H3. The molecule has 0 fully saturated rings. The van der Waals surface area contributed by atoms with Gasteiger partial charge >= 0.3 is 0 Å². The molecule has 0 atom stereocenters. The van der Waals surface area contributed by atoms with Gasteiger partial charge in [0.2, 0.25) is 5.43 Å². The van der Waals surface area contributed by atoms with E-state index in [1.807, 2.05) is 45.0 Å². The van der Waals surface area contributed by atoms with Gasteiger partial charge in [-0.1, -0.05) is 55.5 Å². The van der Waals surface area contributed by atoms with Crippen molar-refractivity contribution in [2.75, 3.05) is 0 Å². The molecule has 0 saturated carbocycles. The fourth-order valence-electron chi connectivity index (χ4n) is 4.92. The second-order valence-corrected chi connectivity index (χ2v) is 9.89. The second-order valence-electron chi connectivity index (χ2n) is 9.89. The summed E-state index contributed by atoms with van der Waals surface area (Å²) in [6.07, 6.45) is 1.71.